The lowest BCUT2D eigenvalue weighted by Crippen LogP contribution is -2.43. The minimum Gasteiger partial charge on any atom is -0.310 e. The zero-order chi connectivity index (χ0) is 17.9. The number of halogens is 1. The van der Waals surface area contributed by atoms with E-state index in [4.69, 9.17) is 0 Å². The lowest BCUT2D eigenvalue weighted by molar-refractivity contribution is -0.120. The summed E-state index contributed by atoms with van der Waals surface area (Å²) in [5, 5.41) is 2.75. The number of aromatic nitrogens is 1. The van der Waals surface area contributed by atoms with Gasteiger partial charge in [-0.25, -0.2) is 13.4 Å². The number of hydrogen-bond donors (Lipinski definition) is 1. The van der Waals surface area contributed by atoms with Gasteiger partial charge in [0.25, 0.3) is 0 Å². The number of sulfonamides is 1. The third-order valence-corrected chi connectivity index (χ3v) is 6.53. The smallest absolute Gasteiger partial charge is 0.243 e. The van der Waals surface area contributed by atoms with Crippen molar-refractivity contribution >= 4 is 37.7 Å². The van der Waals surface area contributed by atoms with Crippen LogP contribution in [0, 0.1) is 5.92 Å². The Morgan fingerprint density at radius 1 is 1.20 bits per heavy atom. The van der Waals surface area contributed by atoms with Crippen molar-refractivity contribution in [3.8, 4) is 0 Å². The van der Waals surface area contributed by atoms with E-state index in [1.165, 1.54) is 4.31 Å². The molecule has 2 heterocycles. The van der Waals surface area contributed by atoms with Crippen molar-refractivity contribution in [3.63, 3.8) is 0 Å². The first-order chi connectivity index (χ1) is 12.0. The maximum atomic E-state index is 12.8. The van der Waals surface area contributed by atoms with Gasteiger partial charge in [-0.2, -0.15) is 4.31 Å². The molecule has 0 radical (unpaired) electrons. The van der Waals surface area contributed by atoms with Crippen LogP contribution in [0.1, 0.15) is 12.8 Å². The van der Waals surface area contributed by atoms with Gasteiger partial charge >= 0.3 is 0 Å². The number of carbonyl (C=O) groups excluding carboxylic acids is 1. The Labute approximate surface area is 155 Å². The van der Waals surface area contributed by atoms with Crippen LogP contribution in [0.15, 0.2) is 58.0 Å². The van der Waals surface area contributed by atoms with E-state index in [-0.39, 0.29) is 23.3 Å². The van der Waals surface area contributed by atoms with E-state index in [2.05, 4.69) is 26.2 Å². The first-order valence-corrected chi connectivity index (χ1v) is 10.2. The van der Waals surface area contributed by atoms with Crippen LogP contribution in [-0.2, 0) is 14.8 Å². The van der Waals surface area contributed by atoms with Gasteiger partial charge in [0.05, 0.1) is 10.8 Å². The molecule has 1 fully saturated rings. The number of benzene rings is 1. The number of rotatable bonds is 4. The lowest BCUT2D eigenvalue weighted by Gasteiger charge is -2.31. The van der Waals surface area contributed by atoms with Crippen molar-refractivity contribution in [2.45, 2.75) is 17.7 Å². The molecule has 0 bridgehead atoms. The SMILES string of the molecule is O=C(Nc1ccccn1)[C@@H]1CCCN(S(=O)(=O)c2ccc(Br)cc2)C1. The van der Waals surface area contributed by atoms with E-state index in [9.17, 15) is 13.2 Å². The molecule has 1 N–H and O–H groups in total. The topological polar surface area (TPSA) is 79.4 Å². The second-order valence-electron chi connectivity index (χ2n) is 5.86. The number of hydrogen-bond acceptors (Lipinski definition) is 4. The van der Waals surface area contributed by atoms with Gasteiger partial charge in [-0.15, -0.1) is 0 Å². The summed E-state index contributed by atoms with van der Waals surface area (Å²) in [7, 11) is -3.60. The molecule has 0 aliphatic carbocycles. The van der Waals surface area contributed by atoms with Gasteiger partial charge in [0, 0.05) is 23.8 Å². The maximum Gasteiger partial charge on any atom is 0.243 e. The van der Waals surface area contributed by atoms with E-state index < -0.39 is 10.0 Å². The number of amides is 1. The Morgan fingerprint density at radius 2 is 1.96 bits per heavy atom. The summed E-state index contributed by atoms with van der Waals surface area (Å²) in [6.45, 7) is 0.600. The second-order valence-corrected chi connectivity index (χ2v) is 8.71. The molecule has 0 unspecified atom stereocenters. The molecule has 2 aromatic rings. The number of pyridine rings is 1. The van der Waals surface area contributed by atoms with Crippen molar-refractivity contribution in [3.05, 3.63) is 53.1 Å². The van der Waals surface area contributed by atoms with Gasteiger partial charge in [0.15, 0.2) is 0 Å². The summed E-state index contributed by atoms with van der Waals surface area (Å²) >= 11 is 3.30. The van der Waals surface area contributed by atoms with Gasteiger partial charge in [-0.1, -0.05) is 22.0 Å². The van der Waals surface area contributed by atoms with Crippen LogP contribution in [0.3, 0.4) is 0 Å². The van der Waals surface area contributed by atoms with E-state index >= 15 is 0 Å². The molecule has 0 spiro atoms. The summed E-state index contributed by atoms with van der Waals surface area (Å²) in [5.41, 5.74) is 0. The Morgan fingerprint density at radius 3 is 2.64 bits per heavy atom. The molecule has 6 nitrogen and oxygen atoms in total. The minimum atomic E-state index is -3.60. The van der Waals surface area contributed by atoms with Gasteiger partial charge < -0.3 is 5.32 Å². The number of nitrogens with one attached hydrogen (secondary N) is 1. The standard InChI is InChI=1S/C17H18BrN3O3S/c18-14-6-8-15(9-7-14)25(23,24)21-11-3-4-13(12-21)17(22)20-16-5-1-2-10-19-16/h1-2,5-10,13H,3-4,11-12H2,(H,19,20,22)/t13-/m1/s1. The van der Waals surface area contributed by atoms with Crippen molar-refractivity contribution in [1.82, 2.24) is 9.29 Å². The summed E-state index contributed by atoms with van der Waals surface area (Å²) in [4.78, 5) is 16.7. The number of nitrogens with zero attached hydrogens (tertiary/aromatic N) is 2. The molecule has 25 heavy (non-hydrogen) atoms. The van der Waals surface area contributed by atoms with E-state index in [0.29, 0.717) is 25.2 Å². The van der Waals surface area contributed by atoms with Crippen LogP contribution in [0.2, 0.25) is 0 Å². The monoisotopic (exact) mass is 423 g/mol. The average molecular weight is 424 g/mol. The highest BCUT2D eigenvalue weighted by molar-refractivity contribution is 9.10. The first kappa shape index (κ1) is 18.0. The molecule has 1 aromatic carbocycles. The Bertz CT molecular complexity index is 841. The molecule has 1 amide bonds. The molecule has 1 aliphatic rings. The summed E-state index contributed by atoms with van der Waals surface area (Å²) in [6.07, 6.45) is 2.90. The molecule has 0 saturated carbocycles. The van der Waals surface area contributed by atoms with Crippen LogP contribution in [0.5, 0.6) is 0 Å². The normalized spacial score (nSPS) is 18.7. The molecule has 1 atom stereocenters. The van der Waals surface area contributed by atoms with Crippen LogP contribution in [-0.4, -0.2) is 36.7 Å². The zero-order valence-electron chi connectivity index (χ0n) is 13.4. The van der Waals surface area contributed by atoms with Crippen molar-refractivity contribution in [1.29, 1.82) is 0 Å². The molecule has 132 valence electrons. The fraction of sp³-hybridized carbons (Fsp3) is 0.294. The van der Waals surface area contributed by atoms with Crippen molar-refractivity contribution in [2.24, 2.45) is 5.92 Å². The number of piperidine rings is 1. The van der Waals surface area contributed by atoms with E-state index in [1.807, 2.05) is 0 Å². The van der Waals surface area contributed by atoms with E-state index in [0.717, 1.165) is 4.47 Å². The number of anilines is 1. The maximum absolute atomic E-state index is 12.8. The van der Waals surface area contributed by atoms with Gasteiger partial charge in [0.2, 0.25) is 15.9 Å². The van der Waals surface area contributed by atoms with Crippen molar-refractivity contribution in [2.75, 3.05) is 18.4 Å². The zero-order valence-corrected chi connectivity index (χ0v) is 15.8. The molecule has 1 aliphatic heterocycles. The fourth-order valence-electron chi connectivity index (χ4n) is 2.80. The Kier molecular flexibility index (Phi) is 5.51. The Balaban J connectivity index is 1.72. The molecular weight excluding hydrogens is 406 g/mol. The number of carbonyl (C=O) groups is 1. The molecule has 3 rings (SSSR count). The van der Waals surface area contributed by atoms with Crippen LogP contribution >= 0.6 is 15.9 Å². The quantitative estimate of drug-likeness (QED) is 0.819. The molecular formula is C17H18BrN3O3S. The van der Waals surface area contributed by atoms with Gasteiger partial charge in [0.1, 0.15) is 5.82 Å². The van der Waals surface area contributed by atoms with Crippen LogP contribution in [0.25, 0.3) is 0 Å². The summed E-state index contributed by atoms with van der Waals surface area (Å²) in [6, 6.07) is 11.8. The fourth-order valence-corrected chi connectivity index (χ4v) is 4.58. The molecule has 1 saturated heterocycles. The third-order valence-electron chi connectivity index (χ3n) is 4.12. The third kappa shape index (κ3) is 4.26. The largest absolute Gasteiger partial charge is 0.310 e. The van der Waals surface area contributed by atoms with E-state index in [1.54, 1.807) is 48.7 Å². The van der Waals surface area contributed by atoms with Crippen LogP contribution < -0.4 is 5.32 Å². The highest BCUT2D eigenvalue weighted by atomic mass is 79.9. The second kappa shape index (κ2) is 7.63. The van der Waals surface area contributed by atoms with Crippen molar-refractivity contribution < 1.29 is 13.2 Å². The summed E-state index contributed by atoms with van der Waals surface area (Å²) in [5.74, 6) is -0.115. The molecule has 1 aromatic heterocycles. The highest BCUT2D eigenvalue weighted by Crippen LogP contribution is 2.25. The Hall–Kier alpha value is -1.77. The summed E-state index contributed by atoms with van der Waals surface area (Å²) < 4.78 is 27.8. The first-order valence-electron chi connectivity index (χ1n) is 7.94. The van der Waals surface area contributed by atoms with Crippen LogP contribution in [0.4, 0.5) is 5.82 Å². The van der Waals surface area contributed by atoms with Gasteiger partial charge in [-0.05, 0) is 49.2 Å². The predicted molar refractivity (Wildman–Crippen MR) is 98.5 cm³/mol. The minimum absolute atomic E-state index is 0.178. The molecule has 8 heteroatoms. The lowest BCUT2D eigenvalue weighted by atomic mass is 9.99. The predicted octanol–water partition coefficient (Wildman–Crippen LogP) is 2.88. The highest BCUT2D eigenvalue weighted by Gasteiger charge is 2.33. The average Bonchev–Trinajstić information content (AvgIpc) is 2.63. The van der Waals surface area contributed by atoms with Gasteiger partial charge in [-0.3, -0.25) is 4.79 Å².